The van der Waals surface area contributed by atoms with Crippen LogP contribution in [-0.4, -0.2) is 56.1 Å². The number of hydrogen-bond donors (Lipinski definition) is 0. The number of hydrogen-bond acceptors (Lipinski definition) is 6. The minimum atomic E-state index is -4.68. The summed E-state index contributed by atoms with van der Waals surface area (Å²) in [6.45, 7) is 4.65. The van der Waals surface area contributed by atoms with Gasteiger partial charge in [-0.05, 0) is 30.7 Å². The molecule has 1 heterocycles. The summed E-state index contributed by atoms with van der Waals surface area (Å²) in [6.07, 6.45) is -2.54. The number of halogens is 3. The molecule has 1 saturated heterocycles. The SMILES string of the molecule is C=CCc1cc(C(=O)N2CCN(c3ccc(C(F)(F)F)cc3[N+](=O)[O-])CC2)cc(OC)c1OC. The maximum absolute atomic E-state index is 13.1. The fraction of sp³-hybridized carbons (Fsp3) is 0.348. The highest BCUT2D eigenvalue weighted by molar-refractivity contribution is 5.95. The summed E-state index contributed by atoms with van der Waals surface area (Å²) in [6, 6.07) is 5.76. The predicted octanol–water partition coefficient (Wildman–Crippen LogP) is 4.32. The lowest BCUT2D eigenvalue weighted by Gasteiger charge is -2.36. The van der Waals surface area contributed by atoms with E-state index in [1.165, 1.54) is 14.2 Å². The Labute approximate surface area is 194 Å². The van der Waals surface area contributed by atoms with Gasteiger partial charge in [-0.2, -0.15) is 13.2 Å². The number of amides is 1. The van der Waals surface area contributed by atoms with Crippen LogP contribution < -0.4 is 14.4 Å². The standard InChI is InChI=1S/C23H24F3N3O5/c1-4-5-15-12-16(13-20(33-2)21(15)34-3)22(30)28-10-8-27(9-11-28)18-7-6-17(23(24,25)26)14-19(18)29(31)32/h4,6-7,12-14H,1,5,8-11H2,2-3H3. The number of nitro groups is 1. The molecular weight excluding hydrogens is 455 g/mol. The molecule has 1 aliphatic heterocycles. The molecule has 2 aromatic carbocycles. The summed E-state index contributed by atoms with van der Waals surface area (Å²) < 4.78 is 49.7. The van der Waals surface area contributed by atoms with E-state index < -0.39 is 22.4 Å². The minimum absolute atomic E-state index is 0.0875. The lowest BCUT2D eigenvalue weighted by atomic mass is 10.0. The zero-order valence-corrected chi connectivity index (χ0v) is 18.7. The molecule has 3 rings (SSSR count). The Morgan fingerprint density at radius 3 is 2.35 bits per heavy atom. The van der Waals surface area contributed by atoms with Gasteiger partial charge < -0.3 is 19.3 Å². The van der Waals surface area contributed by atoms with Gasteiger partial charge in [-0.1, -0.05) is 6.08 Å². The molecular formula is C23H24F3N3O5. The van der Waals surface area contributed by atoms with E-state index in [2.05, 4.69) is 6.58 Å². The molecule has 0 N–H and O–H groups in total. The fourth-order valence-electron chi connectivity index (χ4n) is 3.92. The monoisotopic (exact) mass is 479 g/mol. The zero-order chi connectivity index (χ0) is 25.0. The van der Waals surface area contributed by atoms with E-state index in [4.69, 9.17) is 9.47 Å². The van der Waals surface area contributed by atoms with Gasteiger partial charge in [0.25, 0.3) is 11.6 Å². The van der Waals surface area contributed by atoms with Crippen LogP contribution in [0.15, 0.2) is 43.0 Å². The van der Waals surface area contributed by atoms with Crippen LogP contribution in [0.4, 0.5) is 24.5 Å². The van der Waals surface area contributed by atoms with E-state index in [-0.39, 0.29) is 37.8 Å². The summed E-state index contributed by atoms with van der Waals surface area (Å²) in [4.78, 5) is 26.9. The Morgan fingerprint density at radius 1 is 1.15 bits per heavy atom. The van der Waals surface area contributed by atoms with E-state index >= 15 is 0 Å². The maximum Gasteiger partial charge on any atom is 0.416 e. The first-order valence-corrected chi connectivity index (χ1v) is 10.4. The Balaban J connectivity index is 1.80. The Hall–Kier alpha value is -3.76. The van der Waals surface area contributed by atoms with Gasteiger partial charge >= 0.3 is 6.18 Å². The third-order valence-corrected chi connectivity index (χ3v) is 5.57. The van der Waals surface area contributed by atoms with Crippen LogP contribution >= 0.6 is 0 Å². The minimum Gasteiger partial charge on any atom is -0.493 e. The first kappa shape index (κ1) is 24.9. The molecule has 0 aromatic heterocycles. The maximum atomic E-state index is 13.1. The molecule has 1 fully saturated rings. The summed E-state index contributed by atoms with van der Waals surface area (Å²) in [5.74, 6) is 0.662. The van der Waals surface area contributed by atoms with Gasteiger partial charge in [0.1, 0.15) is 5.69 Å². The molecule has 0 unspecified atom stereocenters. The number of benzene rings is 2. The van der Waals surface area contributed by atoms with Gasteiger partial charge in [-0.15, -0.1) is 6.58 Å². The lowest BCUT2D eigenvalue weighted by Crippen LogP contribution is -2.49. The zero-order valence-electron chi connectivity index (χ0n) is 18.7. The topological polar surface area (TPSA) is 85.2 Å². The largest absolute Gasteiger partial charge is 0.493 e. The second-order valence-corrected chi connectivity index (χ2v) is 7.60. The van der Waals surface area contributed by atoms with Crippen molar-refractivity contribution in [1.82, 2.24) is 4.90 Å². The number of nitro benzene ring substituents is 1. The molecule has 0 saturated carbocycles. The van der Waals surface area contributed by atoms with Crippen molar-refractivity contribution in [3.63, 3.8) is 0 Å². The third kappa shape index (κ3) is 5.08. The Morgan fingerprint density at radius 2 is 1.82 bits per heavy atom. The molecule has 34 heavy (non-hydrogen) atoms. The number of carbonyl (C=O) groups is 1. The van der Waals surface area contributed by atoms with Gasteiger partial charge in [0.2, 0.25) is 0 Å². The van der Waals surface area contributed by atoms with Crippen LogP contribution in [0.25, 0.3) is 0 Å². The van der Waals surface area contributed by atoms with Gasteiger partial charge in [-0.3, -0.25) is 14.9 Å². The number of ether oxygens (including phenoxy) is 2. The molecule has 0 bridgehead atoms. The average Bonchev–Trinajstić information content (AvgIpc) is 2.82. The lowest BCUT2D eigenvalue weighted by molar-refractivity contribution is -0.384. The Bertz CT molecular complexity index is 1100. The highest BCUT2D eigenvalue weighted by Crippen LogP contribution is 2.37. The highest BCUT2D eigenvalue weighted by atomic mass is 19.4. The number of carbonyl (C=O) groups excluding carboxylic acids is 1. The summed E-state index contributed by atoms with van der Waals surface area (Å²) in [5.41, 5.74) is -0.490. The number of methoxy groups -OCH3 is 2. The third-order valence-electron chi connectivity index (χ3n) is 5.57. The van der Waals surface area contributed by atoms with Crippen molar-refractivity contribution in [3.05, 3.63) is 69.8 Å². The molecule has 0 atom stereocenters. The number of rotatable bonds is 7. The number of alkyl halides is 3. The van der Waals surface area contributed by atoms with Gasteiger partial charge in [0.15, 0.2) is 11.5 Å². The van der Waals surface area contributed by atoms with Crippen LogP contribution in [-0.2, 0) is 12.6 Å². The number of piperazine rings is 1. The van der Waals surface area contributed by atoms with Crippen molar-refractivity contribution < 1.29 is 32.4 Å². The predicted molar refractivity (Wildman–Crippen MR) is 120 cm³/mol. The first-order valence-electron chi connectivity index (χ1n) is 10.4. The van der Waals surface area contributed by atoms with Crippen molar-refractivity contribution in [1.29, 1.82) is 0 Å². The van der Waals surface area contributed by atoms with Crippen molar-refractivity contribution in [3.8, 4) is 11.5 Å². The van der Waals surface area contributed by atoms with Gasteiger partial charge in [0, 0.05) is 43.4 Å². The molecule has 8 nitrogen and oxygen atoms in total. The quantitative estimate of drug-likeness (QED) is 0.334. The average molecular weight is 479 g/mol. The van der Waals surface area contributed by atoms with E-state index in [9.17, 15) is 28.1 Å². The van der Waals surface area contributed by atoms with E-state index in [0.29, 0.717) is 29.5 Å². The van der Waals surface area contributed by atoms with E-state index in [1.54, 1.807) is 28.0 Å². The summed E-state index contributed by atoms with van der Waals surface area (Å²) >= 11 is 0. The number of nitrogens with zero attached hydrogens (tertiary/aromatic N) is 3. The van der Waals surface area contributed by atoms with E-state index in [0.717, 1.165) is 17.7 Å². The smallest absolute Gasteiger partial charge is 0.416 e. The fourth-order valence-corrected chi connectivity index (χ4v) is 3.92. The second kappa shape index (κ2) is 10.0. The van der Waals surface area contributed by atoms with Crippen LogP contribution in [0, 0.1) is 10.1 Å². The molecule has 0 radical (unpaired) electrons. The van der Waals surface area contributed by atoms with Gasteiger partial charge in [-0.25, -0.2) is 0 Å². The van der Waals surface area contributed by atoms with E-state index in [1.807, 2.05) is 0 Å². The normalized spacial score (nSPS) is 14.0. The van der Waals surface area contributed by atoms with Crippen LogP contribution in [0.2, 0.25) is 0 Å². The Kier molecular flexibility index (Phi) is 7.33. The molecule has 0 spiro atoms. The molecule has 11 heteroatoms. The van der Waals surface area contributed by atoms with Crippen molar-refractivity contribution in [2.45, 2.75) is 12.6 Å². The summed E-state index contributed by atoms with van der Waals surface area (Å²) in [7, 11) is 2.98. The van der Waals surface area contributed by atoms with Crippen LogP contribution in [0.5, 0.6) is 11.5 Å². The first-order chi connectivity index (χ1) is 16.1. The van der Waals surface area contributed by atoms with Gasteiger partial charge in [0.05, 0.1) is 24.7 Å². The molecule has 1 amide bonds. The molecule has 2 aromatic rings. The molecule has 1 aliphatic rings. The molecule has 182 valence electrons. The van der Waals surface area contributed by atoms with Crippen molar-refractivity contribution in [2.24, 2.45) is 0 Å². The number of anilines is 1. The molecule has 0 aliphatic carbocycles. The summed E-state index contributed by atoms with van der Waals surface area (Å²) in [5, 5.41) is 11.4. The number of allylic oxidation sites excluding steroid dienone is 1. The highest BCUT2D eigenvalue weighted by Gasteiger charge is 2.34. The van der Waals surface area contributed by atoms with Crippen LogP contribution in [0.3, 0.4) is 0 Å². The van der Waals surface area contributed by atoms with Crippen LogP contribution in [0.1, 0.15) is 21.5 Å². The second-order valence-electron chi connectivity index (χ2n) is 7.60. The van der Waals surface area contributed by atoms with Crippen molar-refractivity contribution >= 4 is 17.3 Å². The van der Waals surface area contributed by atoms with Crippen molar-refractivity contribution in [2.75, 3.05) is 45.3 Å².